The number of ether oxygens (including phenoxy) is 1. The quantitative estimate of drug-likeness (QED) is 0.881. The summed E-state index contributed by atoms with van der Waals surface area (Å²) in [7, 11) is 0. The second kappa shape index (κ2) is 4.63. The smallest absolute Gasteiger partial charge is 0.137 e. The summed E-state index contributed by atoms with van der Waals surface area (Å²) in [4.78, 5) is 11.5. The second-order valence-corrected chi connectivity index (χ2v) is 5.84. The fraction of sp³-hybridized carbons (Fsp3) is 0.714. The van der Waals surface area contributed by atoms with Gasteiger partial charge in [0.2, 0.25) is 0 Å². The third-order valence-electron chi connectivity index (χ3n) is 4.00. The second-order valence-electron chi connectivity index (χ2n) is 5.84. The van der Waals surface area contributed by atoms with Gasteiger partial charge < -0.3 is 15.4 Å². The van der Waals surface area contributed by atoms with E-state index in [-0.39, 0.29) is 6.10 Å². The molecular formula is C14H22N4O. The molecule has 0 radical (unpaired) electrons. The summed E-state index contributed by atoms with van der Waals surface area (Å²) in [6.45, 7) is 7.88. The molecule has 104 valence electrons. The van der Waals surface area contributed by atoms with Crippen LogP contribution in [0.2, 0.25) is 0 Å². The number of hydrogen-bond acceptors (Lipinski definition) is 5. The molecular weight excluding hydrogens is 240 g/mol. The summed E-state index contributed by atoms with van der Waals surface area (Å²) in [5.74, 6) is 3.06. The van der Waals surface area contributed by atoms with Crippen LogP contribution in [0.4, 0.5) is 11.6 Å². The van der Waals surface area contributed by atoms with Crippen molar-refractivity contribution in [2.45, 2.75) is 51.7 Å². The Kier molecular flexibility index (Phi) is 3.09. The highest BCUT2D eigenvalue weighted by atomic mass is 16.5. The SMILES string of the molecule is Cc1c(N)nc(C2CC2)nc1N1CC(C)OCC1C. The van der Waals surface area contributed by atoms with E-state index in [1.165, 1.54) is 12.8 Å². The summed E-state index contributed by atoms with van der Waals surface area (Å²) >= 11 is 0. The van der Waals surface area contributed by atoms with Crippen LogP contribution in [-0.4, -0.2) is 35.3 Å². The highest BCUT2D eigenvalue weighted by molar-refractivity contribution is 5.57. The third-order valence-corrected chi connectivity index (χ3v) is 4.00. The van der Waals surface area contributed by atoms with Crippen molar-refractivity contribution < 1.29 is 4.74 Å². The van der Waals surface area contributed by atoms with E-state index in [1.54, 1.807) is 0 Å². The van der Waals surface area contributed by atoms with Gasteiger partial charge in [-0.15, -0.1) is 0 Å². The maximum Gasteiger partial charge on any atom is 0.137 e. The molecule has 1 saturated heterocycles. The molecule has 2 atom stereocenters. The lowest BCUT2D eigenvalue weighted by molar-refractivity contribution is 0.0340. The number of hydrogen-bond donors (Lipinski definition) is 1. The third kappa shape index (κ3) is 2.39. The van der Waals surface area contributed by atoms with Gasteiger partial charge in [-0.1, -0.05) is 0 Å². The number of nitrogens with two attached hydrogens (primary N) is 1. The zero-order chi connectivity index (χ0) is 13.6. The topological polar surface area (TPSA) is 64.3 Å². The first-order valence-electron chi connectivity index (χ1n) is 7.08. The lowest BCUT2D eigenvalue weighted by atomic mass is 10.1. The molecule has 0 spiro atoms. The van der Waals surface area contributed by atoms with Crippen LogP contribution < -0.4 is 10.6 Å². The molecule has 2 unspecified atom stereocenters. The van der Waals surface area contributed by atoms with Crippen LogP contribution in [0, 0.1) is 6.92 Å². The van der Waals surface area contributed by atoms with Gasteiger partial charge >= 0.3 is 0 Å². The lowest BCUT2D eigenvalue weighted by Crippen LogP contribution is -2.48. The summed E-state index contributed by atoms with van der Waals surface area (Å²) in [5, 5.41) is 0. The van der Waals surface area contributed by atoms with Gasteiger partial charge in [-0.3, -0.25) is 0 Å². The van der Waals surface area contributed by atoms with Crippen molar-refractivity contribution in [1.29, 1.82) is 0 Å². The van der Waals surface area contributed by atoms with Crippen molar-refractivity contribution >= 4 is 11.6 Å². The Balaban J connectivity index is 1.97. The molecule has 2 N–H and O–H groups in total. The first-order valence-corrected chi connectivity index (χ1v) is 7.08. The Morgan fingerprint density at radius 3 is 2.68 bits per heavy atom. The number of anilines is 2. The molecule has 2 heterocycles. The van der Waals surface area contributed by atoms with Gasteiger partial charge in [0, 0.05) is 18.0 Å². The molecule has 1 aromatic rings. The molecule has 19 heavy (non-hydrogen) atoms. The number of rotatable bonds is 2. The van der Waals surface area contributed by atoms with Gasteiger partial charge in [0.25, 0.3) is 0 Å². The van der Waals surface area contributed by atoms with Gasteiger partial charge in [-0.2, -0.15) is 0 Å². The van der Waals surface area contributed by atoms with Gasteiger partial charge in [0.1, 0.15) is 17.5 Å². The number of nitrogen functional groups attached to an aromatic ring is 1. The van der Waals surface area contributed by atoms with Crippen molar-refractivity contribution in [3.63, 3.8) is 0 Å². The molecule has 0 amide bonds. The lowest BCUT2D eigenvalue weighted by Gasteiger charge is -2.38. The van der Waals surface area contributed by atoms with Crippen molar-refractivity contribution in [1.82, 2.24) is 9.97 Å². The van der Waals surface area contributed by atoms with E-state index < -0.39 is 0 Å². The van der Waals surface area contributed by atoms with Crippen LogP contribution in [0.25, 0.3) is 0 Å². The Morgan fingerprint density at radius 1 is 1.26 bits per heavy atom. The summed E-state index contributed by atoms with van der Waals surface area (Å²) < 4.78 is 5.69. The molecule has 1 aromatic heterocycles. The fourth-order valence-electron chi connectivity index (χ4n) is 2.54. The van der Waals surface area contributed by atoms with Gasteiger partial charge in [0.15, 0.2) is 0 Å². The summed E-state index contributed by atoms with van der Waals surface area (Å²) in [5.41, 5.74) is 7.06. The molecule has 1 aliphatic heterocycles. The van der Waals surface area contributed by atoms with Crippen LogP contribution >= 0.6 is 0 Å². The molecule has 5 nitrogen and oxygen atoms in total. The molecule has 3 rings (SSSR count). The Hall–Kier alpha value is -1.36. The maximum atomic E-state index is 6.06. The molecule has 1 saturated carbocycles. The predicted molar refractivity (Wildman–Crippen MR) is 75.4 cm³/mol. The Labute approximate surface area is 114 Å². The first kappa shape index (κ1) is 12.7. The molecule has 2 fully saturated rings. The van der Waals surface area contributed by atoms with E-state index >= 15 is 0 Å². The van der Waals surface area contributed by atoms with Crippen LogP contribution in [0.5, 0.6) is 0 Å². The Morgan fingerprint density at radius 2 is 2.00 bits per heavy atom. The van der Waals surface area contributed by atoms with Gasteiger partial charge in [-0.25, -0.2) is 9.97 Å². The largest absolute Gasteiger partial charge is 0.383 e. The van der Waals surface area contributed by atoms with Gasteiger partial charge in [0.05, 0.1) is 18.8 Å². The van der Waals surface area contributed by atoms with Crippen LogP contribution in [0.3, 0.4) is 0 Å². The van der Waals surface area contributed by atoms with Crippen LogP contribution in [0.15, 0.2) is 0 Å². The van der Waals surface area contributed by atoms with E-state index in [9.17, 15) is 0 Å². The van der Waals surface area contributed by atoms with E-state index in [2.05, 4.69) is 23.7 Å². The van der Waals surface area contributed by atoms with Gasteiger partial charge in [-0.05, 0) is 33.6 Å². The molecule has 5 heteroatoms. The molecule has 1 aliphatic carbocycles. The van der Waals surface area contributed by atoms with E-state index in [0.29, 0.717) is 17.8 Å². The number of morpholine rings is 1. The number of nitrogens with zero attached hydrogens (tertiary/aromatic N) is 3. The first-order chi connectivity index (χ1) is 9.06. The highest BCUT2D eigenvalue weighted by Gasteiger charge is 2.31. The van der Waals surface area contributed by atoms with Crippen molar-refractivity contribution in [2.75, 3.05) is 23.8 Å². The average Bonchev–Trinajstić information content (AvgIpc) is 3.20. The predicted octanol–water partition coefficient (Wildman–Crippen LogP) is 1.86. The fourth-order valence-corrected chi connectivity index (χ4v) is 2.54. The maximum absolute atomic E-state index is 6.06. The van der Waals surface area contributed by atoms with E-state index in [4.69, 9.17) is 15.5 Å². The van der Waals surface area contributed by atoms with Crippen LogP contribution in [-0.2, 0) is 4.74 Å². The van der Waals surface area contributed by atoms with E-state index in [0.717, 1.165) is 30.4 Å². The normalized spacial score (nSPS) is 27.6. The summed E-state index contributed by atoms with van der Waals surface area (Å²) in [6.07, 6.45) is 2.62. The Bertz CT molecular complexity index is 487. The van der Waals surface area contributed by atoms with Crippen molar-refractivity contribution in [2.24, 2.45) is 0 Å². The molecule has 0 bridgehead atoms. The zero-order valence-electron chi connectivity index (χ0n) is 11.9. The highest BCUT2D eigenvalue weighted by Crippen LogP contribution is 2.40. The van der Waals surface area contributed by atoms with Crippen LogP contribution in [0.1, 0.15) is 44.0 Å². The minimum Gasteiger partial charge on any atom is -0.383 e. The monoisotopic (exact) mass is 262 g/mol. The van der Waals surface area contributed by atoms with Crippen molar-refractivity contribution in [3.05, 3.63) is 11.4 Å². The minimum absolute atomic E-state index is 0.233. The standard InChI is InChI=1S/C14H22N4O/c1-8-7-19-9(2)6-18(8)14-10(3)12(15)16-13(17-14)11-4-5-11/h8-9,11H,4-7H2,1-3H3,(H2,15,16,17). The molecule has 0 aromatic carbocycles. The number of aromatic nitrogens is 2. The zero-order valence-corrected chi connectivity index (χ0v) is 11.9. The summed E-state index contributed by atoms with van der Waals surface area (Å²) in [6, 6.07) is 0.330. The molecule has 2 aliphatic rings. The average molecular weight is 262 g/mol. The van der Waals surface area contributed by atoms with Crippen molar-refractivity contribution in [3.8, 4) is 0 Å². The van der Waals surface area contributed by atoms with E-state index in [1.807, 2.05) is 6.92 Å². The minimum atomic E-state index is 0.233.